The lowest BCUT2D eigenvalue weighted by molar-refractivity contribution is -0.149. The molecule has 0 radical (unpaired) electrons. The summed E-state index contributed by atoms with van der Waals surface area (Å²) in [6.45, 7) is 3.65. The van der Waals surface area contributed by atoms with Crippen LogP contribution in [0.4, 0.5) is 18.9 Å². The molecule has 19 heavy (non-hydrogen) atoms. The smallest absolute Gasteiger partial charge is 0.416 e. The predicted octanol–water partition coefficient (Wildman–Crippen LogP) is 3.32. The number of halogens is 3. The Morgan fingerprint density at radius 1 is 1.21 bits per heavy atom. The molecule has 6 heteroatoms. The minimum atomic E-state index is -4.34. The van der Waals surface area contributed by atoms with Crippen molar-refractivity contribution in [1.29, 1.82) is 0 Å². The topological polar surface area (TPSA) is 38.3 Å². The van der Waals surface area contributed by atoms with E-state index in [1.807, 2.05) is 0 Å². The second-order valence-electron chi connectivity index (χ2n) is 4.80. The first-order valence-electron chi connectivity index (χ1n) is 5.66. The van der Waals surface area contributed by atoms with Gasteiger partial charge in [0.1, 0.15) is 0 Å². The molecule has 0 saturated heterocycles. The van der Waals surface area contributed by atoms with Crippen molar-refractivity contribution >= 4 is 11.7 Å². The van der Waals surface area contributed by atoms with E-state index in [0.717, 1.165) is 12.1 Å². The highest BCUT2D eigenvalue weighted by atomic mass is 19.4. The van der Waals surface area contributed by atoms with Crippen molar-refractivity contribution in [3.63, 3.8) is 0 Å². The van der Waals surface area contributed by atoms with Gasteiger partial charge in [-0.25, -0.2) is 0 Å². The molecule has 1 aromatic carbocycles. The second kappa shape index (κ2) is 5.50. The van der Waals surface area contributed by atoms with Gasteiger partial charge in [-0.1, -0.05) is 0 Å². The second-order valence-corrected chi connectivity index (χ2v) is 4.80. The summed E-state index contributed by atoms with van der Waals surface area (Å²) in [6.07, 6.45) is -4.34. The molecule has 0 amide bonds. The molecular weight excluding hydrogens is 259 g/mol. The fourth-order valence-electron chi connectivity index (χ4n) is 1.45. The van der Waals surface area contributed by atoms with Gasteiger partial charge in [-0.3, -0.25) is 4.79 Å². The summed E-state index contributed by atoms with van der Waals surface area (Å²) in [6, 6.07) is 4.65. The third-order valence-electron chi connectivity index (χ3n) is 2.68. The number of methoxy groups -OCH3 is 1. The van der Waals surface area contributed by atoms with Crippen molar-refractivity contribution < 1.29 is 22.7 Å². The van der Waals surface area contributed by atoms with Gasteiger partial charge < -0.3 is 10.1 Å². The van der Waals surface area contributed by atoms with Gasteiger partial charge in [0.05, 0.1) is 18.1 Å². The van der Waals surface area contributed by atoms with E-state index in [1.54, 1.807) is 13.8 Å². The lowest BCUT2D eigenvalue weighted by Gasteiger charge is -2.22. The highest BCUT2D eigenvalue weighted by Crippen LogP contribution is 2.30. The highest BCUT2D eigenvalue weighted by Gasteiger charge is 2.30. The van der Waals surface area contributed by atoms with E-state index in [-0.39, 0.29) is 12.5 Å². The molecule has 0 aromatic heterocycles. The van der Waals surface area contributed by atoms with E-state index in [2.05, 4.69) is 10.1 Å². The molecule has 0 spiro atoms. The van der Waals surface area contributed by atoms with Gasteiger partial charge >= 0.3 is 12.1 Å². The van der Waals surface area contributed by atoms with E-state index >= 15 is 0 Å². The zero-order chi connectivity index (χ0) is 14.7. The minimum absolute atomic E-state index is 0.269. The van der Waals surface area contributed by atoms with Crippen LogP contribution in [0.15, 0.2) is 24.3 Å². The fraction of sp³-hybridized carbons (Fsp3) is 0.462. The third kappa shape index (κ3) is 4.15. The van der Waals surface area contributed by atoms with Gasteiger partial charge in [-0.15, -0.1) is 0 Å². The molecular formula is C13H16F3NO2. The van der Waals surface area contributed by atoms with E-state index in [9.17, 15) is 18.0 Å². The Balaban J connectivity index is 2.67. The molecule has 0 bridgehead atoms. The monoisotopic (exact) mass is 275 g/mol. The number of carbonyl (C=O) groups is 1. The molecule has 0 unspecified atom stereocenters. The number of anilines is 1. The SMILES string of the molecule is COC(=O)C(C)(C)CNc1ccc(C(F)(F)F)cc1. The predicted molar refractivity (Wildman–Crippen MR) is 65.7 cm³/mol. The maximum absolute atomic E-state index is 12.4. The molecule has 0 heterocycles. The van der Waals surface area contributed by atoms with Crippen LogP contribution in [0.1, 0.15) is 19.4 Å². The molecule has 1 N–H and O–H groups in total. The molecule has 0 aliphatic carbocycles. The van der Waals surface area contributed by atoms with Crippen LogP contribution in [0.25, 0.3) is 0 Å². The van der Waals surface area contributed by atoms with Crippen molar-refractivity contribution in [2.24, 2.45) is 5.41 Å². The summed E-state index contributed by atoms with van der Waals surface area (Å²) in [4.78, 5) is 11.4. The highest BCUT2D eigenvalue weighted by molar-refractivity contribution is 5.76. The maximum Gasteiger partial charge on any atom is 0.416 e. The van der Waals surface area contributed by atoms with Crippen LogP contribution in [0, 0.1) is 5.41 Å². The van der Waals surface area contributed by atoms with Gasteiger partial charge in [0.25, 0.3) is 0 Å². The number of hydrogen-bond donors (Lipinski definition) is 1. The van der Waals surface area contributed by atoms with Crippen molar-refractivity contribution in [2.45, 2.75) is 20.0 Å². The fourth-order valence-corrected chi connectivity index (χ4v) is 1.45. The van der Waals surface area contributed by atoms with Crippen LogP contribution in [0.5, 0.6) is 0 Å². The standard InChI is InChI=1S/C13H16F3NO2/c1-12(2,11(18)19-3)8-17-10-6-4-9(5-7-10)13(14,15)16/h4-7,17H,8H2,1-3H3. The van der Waals surface area contributed by atoms with Gasteiger partial charge in [0, 0.05) is 12.2 Å². The lowest BCUT2D eigenvalue weighted by atomic mass is 9.93. The molecule has 3 nitrogen and oxygen atoms in total. The molecule has 0 aliphatic rings. The molecule has 0 aliphatic heterocycles. The Bertz CT molecular complexity index is 438. The van der Waals surface area contributed by atoms with Gasteiger partial charge in [0.15, 0.2) is 0 Å². The molecule has 106 valence electrons. The Labute approximate surface area is 109 Å². The summed E-state index contributed by atoms with van der Waals surface area (Å²) in [7, 11) is 1.29. The van der Waals surface area contributed by atoms with Crippen LogP contribution >= 0.6 is 0 Å². The molecule has 0 fully saturated rings. The number of ether oxygens (including phenoxy) is 1. The van der Waals surface area contributed by atoms with Crippen molar-refractivity contribution in [2.75, 3.05) is 19.0 Å². The van der Waals surface area contributed by atoms with Crippen LogP contribution in [0.2, 0.25) is 0 Å². The lowest BCUT2D eigenvalue weighted by Crippen LogP contribution is -2.33. The summed E-state index contributed by atoms with van der Waals surface area (Å²) >= 11 is 0. The van der Waals surface area contributed by atoms with E-state index < -0.39 is 17.2 Å². The third-order valence-corrected chi connectivity index (χ3v) is 2.68. The average molecular weight is 275 g/mol. The van der Waals surface area contributed by atoms with Gasteiger partial charge in [-0.2, -0.15) is 13.2 Å². The number of hydrogen-bond acceptors (Lipinski definition) is 3. The Hall–Kier alpha value is -1.72. The summed E-state index contributed by atoms with van der Waals surface area (Å²) in [5, 5.41) is 2.91. The van der Waals surface area contributed by atoms with E-state index in [1.165, 1.54) is 19.2 Å². The number of rotatable bonds is 4. The molecule has 0 saturated carbocycles. The zero-order valence-corrected chi connectivity index (χ0v) is 11.0. The summed E-state index contributed by atoms with van der Waals surface area (Å²) in [5.74, 6) is -0.382. The molecule has 1 rings (SSSR count). The van der Waals surface area contributed by atoms with Crippen LogP contribution in [-0.2, 0) is 15.7 Å². The minimum Gasteiger partial charge on any atom is -0.469 e. The van der Waals surface area contributed by atoms with Crippen LogP contribution in [0.3, 0.4) is 0 Å². The van der Waals surface area contributed by atoms with Crippen LogP contribution < -0.4 is 5.32 Å². The van der Waals surface area contributed by atoms with Gasteiger partial charge in [0.2, 0.25) is 0 Å². The first-order chi connectivity index (χ1) is 8.66. The van der Waals surface area contributed by atoms with Crippen molar-refractivity contribution in [3.05, 3.63) is 29.8 Å². The summed E-state index contributed by atoms with van der Waals surface area (Å²) in [5.41, 5.74) is -0.937. The Kier molecular flexibility index (Phi) is 4.44. The number of nitrogens with one attached hydrogen (secondary N) is 1. The Morgan fingerprint density at radius 3 is 2.16 bits per heavy atom. The normalized spacial score (nSPS) is 12.1. The van der Waals surface area contributed by atoms with E-state index in [4.69, 9.17) is 0 Å². The average Bonchev–Trinajstić information content (AvgIpc) is 2.35. The number of esters is 1. The maximum atomic E-state index is 12.4. The summed E-state index contributed by atoms with van der Waals surface area (Å²) < 4.78 is 41.7. The number of alkyl halides is 3. The number of benzene rings is 1. The largest absolute Gasteiger partial charge is 0.469 e. The van der Waals surface area contributed by atoms with Crippen molar-refractivity contribution in [1.82, 2.24) is 0 Å². The number of carbonyl (C=O) groups excluding carboxylic acids is 1. The molecule has 0 atom stereocenters. The van der Waals surface area contributed by atoms with E-state index in [0.29, 0.717) is 5.69 Å². The van der Waals surface area contributed by atoms with Crippen LogP contribution in [-0.4, -0.2) is 19.6 Å². The Morgan fingerprint density at radius 2 is 1.74 bits per heavy atom. The first kappa shape index (κ1) is 15.3. The first-order valence-corrected chi connectivity index (χ1v) is 5.66. The quantitative estimate of drug-likeness (QED) is 0.857. The zero-order valence-electron chi connectivity index (χ0n) is 11.0. The van der Waals surface area contributed by atoms with Crippen molar-refractivity contribution in [3.8, 4) is 0 Å². The van der Waals surface area contributed by atoms with Gasteiger partial charge in [-0.05, 0) is 38.1 Å². The molecule has 1 aromatic rings.